The first-order valence-electron chi connectivity index (χ1n) is 6.14. The number of imide groups is 1. The Kier molecular flexibility index (Phi) is 3.71. The van der Waals surface area contributed by atoms with Crippen molar-refractivity contribution in [3.05, 3.63) is 28.7 Å². The highest BCUT2D eigenvalue weighted by Gasteiger charge is 2.43. The van der Waals surface area contributed by atoms with Gasteiger partial charge < -0.3 is 5.32 Å². The van der Waals surface area contributed by atoms with Crippen molar-refractivity contribution in [2.45, 2.75) is 32.9 Å². The highest BCUT2D eigenvalue weighted by atomic mass is 32.1. The second-order valence-corrected chi connectivity index (χ2v) is 5.76. The molecule has 1 fully saturated rings. The molecule has 102 valence electrons. The number of thiazole rings is 1. The highest BCUT2D eigenvalue weighted by molar-refractivity contribution is 7.09. The van der Waals surface area contributed by atoms with Crippen LogP contribution in [-0.2, 0) is 4.79 Å². The van der Waals surface area contributed by atoms with Crippen LogP contribution in [0.5, 0.6) is 0 Å². The van der Waals surface area contributed by atoms with Gasteiger partial charge in [0.2, 0.25) is 0 Å². The molecule has 2 heterocycles. The van der Waals surface area contributed by atoms with Gasteiger partial charge in [0.25, 0.3) is 5.91 Å². The number of carbonyl (C=O) groups is 2. The summed E-state index contributed by atoms with van der Waals surface area (Å²) in [5.74, 6) is -0.304. The number of amides is 3. The third-order valence-electron chi connectivity index (χ3n) is 3.35. The fourth-order valence-electron chi connectivity index (χ4n) is 2.08. The molecule has 5 nitrogen and oxygen atoms in total. The molecule has 0 saturated carbocycles. The highest BCUT2D eigenvalue weighted by Crippen LogP contribution is 2.27. The summed E-state index contributed by atoms with van der Waals surface area (Å²) in [5.41, 5.74) is 0.748. The molecule has 1 saturated heterocycles. The first-order chi connectivity index (χ1) is 8.95. The molecule has 6 heteroatoms. The molecule has 3 unspecified atom stereocenters. The van der Waals surface area contributed by atoms with Gasteiger partial charge in [0, 0.05) is 11.3 Å². The summed E-state index contributed by atoms with van der Waals surface area (Å²) in [6, 6.07) is -1.23. The zero-order chi connectivity index (χ0) is 14.2. The smallest absolute Gasteiger partial charge is 0.325 e. The van der Waals surface area contributed by atoms with Crippen molar-refractivity contribution in [2.24, 2.45) is 5.92 Å². The Morgan fingerprint density at radius 2 is 2.21 bits per heavy atom. The second-order valence-electron chi connectivity index (χ2n) is 4.70. The van der Waals surface area contributed by atoms with Crippen molar-refractivity contribution in [2.75, 3.05) is 0 Å². The summed E-state index contributed by atoms with van der Waals surface area (Å²) in [5, 5.41) is 5.50. The van der Waals surface area contributed by atoms with Gasteiger partial charge in [-0.1, -0.05) is 13.0 Å². The topological polar surface area (TPSA) is 62.3 Å². The third-order valence-corrected chi connectivity index (χ3v) is 4.14. The summed E-state index contributed by atoms with van der Waals surface area (Å²) in [6.45, 7) is 9.23. The Bertz CT molecular complexity index is 526. The molecule has 2 rings (SSSR count). The van der Waals surface area contributed by atoms with Crippen LogP contribution in [0.2, 0.25) is 0 Å². The minimum atomic E-state index is -0.521. The molecule has 3 atom stereocenters. The fraction of sp³-hybridized carbons (Fsp3) is 0.462. The van der Waals surface area contributed by atoms with Crippen molar-refractivity contribution in [3.63, 3.8) is 0 Å². The molecule has 0 aliphatic carbocycles. The lowest BCUT2D eigenvalue weighted by molar-refractivity contribution is -0.129. The summed E-state index contributed by atoms with van der Waals surface area (Å²) >= 11 is 1.51. The van der Waals surface area contributed by atoms with E-state index in [1.165, 1.54) is 16.2 Å². The summed E-state index contributed by atoms with van der Waals surface area (Å²) in [7, 11) is 0. The maximum absolute atomic E-state index is 12.3. The Labute approximate surface area is 116 Å². The van der Waals surface area contributed by atoms with E-state index in [9.17, 15) is 9.59 Å². The molecule has 0 aromatic carbocycles. The van der Waals surface area contributed by atoms with Crippen LogP contribution in [0, 0.1) is 12.8 Å². The van der Waals surface area contributed by atoms with Crippen LogP contribution in [0.3, 0.4) is 0 Å². The van der Waals surface area contributed by atoms with Gasteiger partial charge in [-0.2, -0.15) is 0 Å². The van der Waals surface area contributed by atoms with Gasteiger partial charge in [-0.3, -0.25) is 9.69 Å². The van der Waals surface area contributed by atoms with Gasteiger partial charge in [-0.25, -0.2) is 9.78 Å². The van der Waals surface area contributed by atoms with Crippen LogP contribution in [-0.4, -0.2) is 27.9 Å². The van der Waals surface area contributed by atoms with E-state index in [0.717, 1.165) is 10.7 Å². The Morgan fingerprint density at radius 3 is 2.74 bits per heavy atom. The number of rotatable bonds is 4. The molecular formula is C13H17N3O2S. The van der Waals surface area contributed by atoms with Crippen molar-refractivity contribution in [3.8, 4) is 0 Å². The summed E-state index contributed by atoms with van der Waals surface area (Å²) in [4.78, 5) is 29.9. The minimum absolute atomic E-state index is 0.0918. The van der Waals surface area contributed by atoms with Crippen LogP contribution >= 0.6 is 11.3 Å². The number of urea groups is 1. The number of hydrogen-bond acceptors (Lipinski definition) is 4. The van der Waals surface area contributed by atoms with Gasteiger partial charge in [0.15, 0.2) is 0 Å². The van der Waals surface area contributed by atoms with E-state index in [-0.39, 0.29) is 23.9 Å². The largest absolute Gasteiger partial charge is 0.325 e. The number of aromatic nitrogens is 1. The van der Waals surface area contributed by atoms with Crippen LogP contribution in [0.25, 0.3) is 0 Å². The average Bonchev–Trinajstić information content (AvgIpc) is 2.92. The quantitative estimate of drug-likeness (QED) is 0.679. The van der Waals surface area contributed by atoms with E-state index in [1.807, 2.05) is 26.2 Å². The molecule has 0 spiro atoms. The van der Waals surface area contributed by atoms with Gasteiger partial charge in [-0.15, -0.1) is 17.9 Å². The van der Waals surface area contributed by atoms with Gasteiger partial charge in [0.1, 0.15) is 6.04 Å². The Morgan fingerprint density at radius 1 is 1.53 bits per heavy atom. The van der Waals surface area contributed by atoms with E-state index >= 15 is 0 Å². The summed E-state index contributed by atoms with van der Waals surface area (Å²) in [6.07, 6.45) is 1.67. The fourth-order valence-corrected chi connectivity index (χ4v) is 2.78. The van der Waals surface area contributed by atoms with Gasteiger partial charge in [-0.05, 0) is 13.8 Å². The van der Waals surface area contributed by atoms with Crippen molar-refractivity contribution < 1.29 is 9.59 Å². The molecule has 19 heavy (non-hydrogen) atoms. The zero-order valence-electron chi connectivity index (χ0n) is 11.2. The number of nitrogens with one attached hydrogen (secondary N) is 1. The molecule has 1 aromatic rings. The van der Waals surface area contributed by atoms with E-state index in [0.29, 0.717) is 0 Å². The predicted molar refractivity (Wildman–Crippen MR) is 73.8 cm³/mol. The first-order valence-corrected chi connectivity index (χ1v) is 7.01. The maximum Gasteiger partial charge on any atom is 0.325 e. The number of nitrogens with zero attached hydrogens (tertiary/aromatic N) is 2. The minimum Gasteiger partial charge on any atom is -0.325 e. The van der Waals surface area contributed by atoms with Crippen molar-refractivity contribution in [1.82, 2.24) is 15.2 Å². The van der Waals surface area contributed by atoms with Crippen molar-refractivity contribution >= 4 is 23.3 Å². The molecule has 3 amide bonds. The SMILES string of the molecule is C=CC(C)C1NC(=O)N(C(C)c2csc(C)n2)C1=O. The molecule has 0 radical (unpaired) electrons. The van der Waals surface area contributed by atoms with Crippen LogP contribution in [0.15, 0.2) is 18.0 Å². The predicted octanol–water partition coefficient (Wildman–Crippen LogP) is 2.26. The average molecular weight is 279 g/mol. The molecule has 1 N–H and O–H groups in total. The van der Waals surface area contributed by atoms with Crippen molar-refractivity contribution in [1.29, 1.82) is 0 Å². The lowest BCUT2D eigenvalue weighted by Crippen LogP contribution is -2.36. The van der Waals surface area contributed by atoms with Crippen LogP contribution in [0.1, 0.15) is 30.6 Å². The number of carbonyl (C=O) groups excluding carboxylic acids is 2. The standard InChI is InChI=1S/C13H17N3O2S/c1-5-7(2)11-12(17)16(13(18)15-11)8(3)10-6-19-9(4)14-10/h5-8,11H,1H2,2-4H3,(H,15,18). The Hall–Kier alpha value is -1.69. The van der Waals surface area contributed by atoms with E-state index in [1.54, 1.807) is 6.08 Å². The zero-order valence-corrected chi connectivity index (χ0v) is 12.0. The molecule has 0 bridgehead atoms. The van der Waals surface area contributed by atoms with E-state index in [2.05, 4.69) is 16.9 Å². The first kappa shape index (κ1) is 13.7. The van der Waals surface area contributed by atoms with Gasteiger partial charge in [0.05, 0.1) is 16.7 Å². The monoisotopic (exact) mass is 279 g/mol. The number of hydrogen-bond donors (Lipinski definition) is 1. The summed E-state index contributed by atoms with van der Waals surface area (Å²) < 4.78 is 0. The van der Waals surface area contributed by atoms with E-state index < -0.39 is 6.04 Å². The maximum atomic E-state index is 12.3. The molecule has 1 aliphatic heterocycles. The lowest BCUT2D eigenvalue weighted by Gasteiger charge is -2.20. The normalized spacial score (nSPS) is 22.3. The molecule has 1 aliphatic rings. The van der Waals surface area contributed by atoms with Crippen LogP contribution < -0.4 is 5.32 Å². The van der Waals surface area contributed by atoms with Crippen LogP contribution in [0.4, 0.5) is 4.79 Å². The van der Waals surface area contributed by atoms with Gasteiger partial charge >= 0.3 is 6.03 Å². The lowest BCUT2D eigenvalue weighted by atomic mass is 10.0. The number of aryl methyl sites for hydroxylation is 1. The third kappa shape index (κ3) is 2.40. The Balaban J connectivity index is 2.23. The van der Waals surface area contributed by atoms with E-state index in [4.69, 9.17) is 0 Å². The molecular weight excluding hydrogens is 262 g/mol. The molecule has 1 aromatic heterocycles. The second kappa shape index (κ2) is 5.13.